The molecule has 0 aromatic heterocycles. The van der Waals surface area contributed by atoms with Crippen LogP contribution in [0.1, 0.15) is 47.5 Å². The van der Waals surface area contributed by atoms with Crippen molar-refractivity contribution < 1.29 is 0 Å². The number of hydrogen-bond acceptors (Lipinski definition) is 3. The first-order chi connectivity index (χ1) is 9.19. The van der Waals surface area contributed by atoms with Crippen LogP contribution in [0.25, 0.3) is 0 Å². The van der Waals surface area contributed by atoms with Gasteiger partial charge in [-0.25, -0.2) is 0 Å². The molecule has 1 fully saturated rings. The molecule has 1 saturated heterocycles. The lowest BCUT2D eigenvalue weighted by atomic mass is 9.92. The van der Waals surface area contributed by atoms with E-state index in [0.29, 0.717) is 6.04 Å². The molecule has 0 aliphatic carbocycles. The predicted octanol–water partition coefficient (Wildman–Crippen LogP) is 2.67. The molecule has 1 heterocycles. The molecule has 0 aromatic carbocycles. The van der Waals surface area contributed by atoms with Crippen molar-refractivity contribution in [3.8, 4) is 0 Å². The Hall–Kier alpha value is -0.120. The smallest absolute Gasteiger partial charge is 0.0243 e. The minimum Gasteiger partial charge on any atom is -0.311 e. The summed E-state index contributed by atoms with van der Waals surface area (Å²) in [6, 6.07) is 0.675. The summed E-state index contributed by atoms with van der Waals surface area (Å²) in [6.07, 6.45) is 2.72. The van der Waals surface area contributed by atoms with Crippen LogP contribution in [0, 0.1) is 11.8 Å². The average molecular weight is 284 g/mol. The molecular weight excluding hydrogens is 246 g/mol. The lowest BCUT2D eigenvalue weighted by Crippen LogP contribution is -2.52. The molecule has 0 amide bonds. The molecular formula is C17H37N3. The van der Waals surface area contributed by atoms with E-state index in [1.54, 1.807) is 0 Å². The second-order valence-corrected chi connectivity index (χ2v) is 8.18. The van der Waals surface area contributed by atoms with Gasteiger partial charge in [0, 0.05) is 24.7 Å². The van der Waals surface area contributed by atoms with Crippen molar-refractivity contribution in [2.24, 2.45) is 11.8 Å². The first-order valence-electron chi connectivity index (χ1n) is 8.33. The molecule has 3 nitrogen and oxygen atoms in total. The summed E-state index contributed by atoms with van der Waals surface area (Å²) < 4.78 is 0. The Kier molecular flexibility index (Phi) is 6.96. The zero-order valence-electron chi connectivity index (χ0n) is 14.9. The molecule has 1 unspecified atom stereocenters. The van der Waals surface area contributed by atoms with Crippen LogP contribution in [0.5, 0.6) is 0 Å². The van der Waals surface area contributed by atoms with Crippen LogP contribution >= 0.6 is 0 Å². The van der Waals surface area contributed by atoms with E-state index in [9.17, 15) is 0 Å². The molecule has 1 rings (SSSR count). The molecule has 1 aliphatic heterocycles. The van der Waals surface area contributed by atoms with Gasteiger partial charge in [0.05, 0.1) is 0 Å². The highest BCUT2D eigenvalue weighted by Crippen LogP contribution is 2.22. The summed E-state index contributed by atoms with van der Waals surface area (Å²) in [5.74, 6) is 1.61. The minimum atomic E-state index is 0.219. The quantitative estimate of drug-likeness (QED) is 0.808. The fraction of sp³-hybridized carbons (Fsp3) is 1.00. The molecule has 0 aromatic rings. The van der Waals surface area contributed by atoms with E-state index in [1.807, 2.05) is 0 Å². The van der Waals surface area contributed by atoms with Gasteiger partial charge >= 0.3 is 0 Å². The zero-order valence-corrected chi connectivity index (χ0v) is 14.9. The summed E-state index contributed by atoms with van der Waals surface area (Å²) in [4.78, 5) is 5.05. The number of hydrogen-bond donors (Lipinski definition) is 1. The molecule has 1 N–H and O–H groups in total. The van der Waals surface area contributed by atoms with Gasteiger partial charge in [0.15, 0.2) is 0 Å². The fourth-order valence-electron chi connectivity index (χ4n) is 3.18. The highest BCUT2D eigenvalue weighted by molar-refractivity contribution is 4.84. The van der Waals surface area contributed by atoms with E-state index in [0.717, 1.165) is 18.4 Å². The number of likely N-dealkylation sites (tertiary alicyclic amines) is 1. The second kappa shape index (κ2) is 7.77. The summed E-state index contributed by atoms with van der Waals surface area (Å²) >= 11 is 0. The Morgan fingerprint density at radius 2 is 1.70 bits per heavy atom. The molecule has 120 valence electrons. The summed E-state index contributed by atoms with van der Waals surface area (Å²) in [7, 11) is 4.38. The number of nitrogens with zero attached hydrogens (tertiary/aromatic N) is 2. The zero-order chi connectivity index (χ0) is 15.3. The SMILES string of the molecule is CC(C)C(CNC(C)(C)C)N1CCC(CN(C)C)CC1. The van der Waals surface area contributed by atoms with Crippen molar-refractivity contribution in [1.82, 2.24) is 15.1 Å². The molecule has 0 spiro atoms. The van der Waals surface area contributed by atoms with Crippen molar-refractivity contribution in [1.29, 1.82) is 0 Å². The topological polar surface area (TPSA) is 18.5 Å². The van der Waals surface area contributed by atoms with Gasteiger partial charge in [0.2, 0.25) is 0 Å². The molecule has 0 bridgehead atoms. The number of rotatable bonds is 6. The fourth-order valence-corrected chi connectivity index (χ4v) is 3.18. The molecule has 1 aliphatic rings. The summed E-state index contributed by atoms with van der Waals surface area (Å²) in [5, 5.41) is 3.69. The van der Waals surface area contributed by atoms with Gasteiger partial charge in [-0.2, -0.15) is 0 Å². The molecule has 20 heavy (non-hydrogen) atoms. The summed E-state index contributed by atoms with van der Waals surface area (Å²) in [5.41, 5.74) is 0.219. The third-order valence-electron chi connectivity index (χ3n) is 4.35. The van der Waals surface area contributed by atoms with Gasteiger partial charge in [-0.3, -0.25) is 4.90 Å². The Balaban J connectivity index is 2.45. The monoisotopic (exact) mass is 283 g/mol. The van der Waals surface area contributed by atoms with Gasteiger partial charge < -0.3 is 10.2 Å². The van der Waals surface area contributed by atoms with Gasteiger partial charge in [-0.15, -0.1) is 0 Å². The Bertz CT molecular complexity index is 260. The number of nitrogens with one attached hydrogen (secondary N) is 1. The Morgan fingerprint density at radius 1 is 1.15 bits per heavy atom. The van der Waals surface area contributed by atoms with Crippen molar-refractivity contribution in [3.63, 3.8) is 0 Å². The van der Waals surface area contributed by atoms with Gasteiger partial charge in [0.1, 0.15) is 0 Å². The lowest BCUT2D eigenvalue weighted by molar-refractivity contribution is 0.0904. The van der Waals surface area contributed by atoms with Crippen LogP contribution in [-0.2, 0) is 0 Å². The van der Waals surface area contributed by atoms with E-state index in [2.05, 4.69) is 63.8 Å². The maximum Gasteiger partial charge on any atom is 0.0243 e. The van der Waals surface area contributed by atoms with E-state index in [1.165, 1.54) is 32.5 Å². The highest BCUT2D eigenvalue weighted by atomic mass is 15.2. The van der Waals surface area contributed by atoms with Crippen molar-refractivity contribution >= 4 is 0 Å². The first-order valence-corrected chi connectivity index (χ1v) is 8.33. The van der Waals surface area contributed by atoms with E-state index in [4.69, 9.17) is 0 Å². The molecule has 0 radical (unpaired) electrons. The third-order valence-corrected chi connectivity index (χ3v) is 4.35. The van der Waals surface area contributed by atoms with Crippen LogP contribution in [-0.4, -0.2) is 61.7 Å². The Labute approximate surface area is 127 Å². The molecule has 0 saturated carbocycles. The highest BCUT2D eigenvalue weighted by Gasteiger charge is 2.27. The van der Waals surface area contributed by atoms with Crippen molar-refractivity contribution in [2.75, 3.05) is 40.3 Å². The molecule has 3 heteroatoms. The van der Waals surface area contributed by atoms with E-state index >= 15 is 0 Å². The average Bonchev–Trinajstić information content (AvgIpc) is 2.28. The minimum absolute atomic E-state index is 0.219. The summed E-state index contributed by atoms with van der Waals surface area (Å²) in [6.45, 7) is 16.4. The van der Waals surface area contributed by atoms with Crippen LogP contribution in [0.2, 0.25) is 0 Å². The Morgan fingerprint density at radius 3 is 2.10 bits per heavy atom. The van der Waals surface area contributed by atoms with E-state index < -0.39 is 0 Å². The lowest BCUT2D eigenvalue weighted by Gasteiger charge is -2.41. The van der Waals surface area contributed by atoms with Crippen molar-refractivity contribution in [3.05, 3.63) is 0 Å². The maximum absolute atomic E-state index is 3.69. The van der Waals surface area contributed by atoms with Crippen LogP contribution in [0.15, 0.2) is 0 Å². The van der Waals surface area contributed by atoms with Crippen LogP contribution in [0.3, 0.4) is 0 Å². The van der Waals surface area contributed by atoms with Crippen LogP contribution in [0.4, 0.5) is 0 Å². The number of piperidine rings is 1. The van der Waals surface area contributed by atoms with E-state index in [-0.39, 0.29) is 5.54 Å². The third kappa shape index (κ3) is 6.55. The van der Waals surface area contributed by atoms with Crippen molar-refractivity contribution in [2.45, 2.75) is 59.0 Å². The first kappa shape index (κ1) is 17.9. The maximum atomic E-state index is 3.69. The largest absolute Gasteiger partial charge is 0.311 e. The normalized spacial score (nSPS) is 20.9. The standard InChI is InChI=1S/C17H37N3/c1-14(2)16(12-18-17(3,4)5)20-10-8-15(9-11-20)13-19(6)7/h14-16,18H,8-13H2,1-7H3. The predicted molar refractivity (Wildman–Crippen MR) is 89.2 cm³/mol. The second-order valence-electron chi connectivity index (χ2n) is 8.18. The van der Waals surface area contributed by atoms with Gasteiger partial charge in [-0.1, -0.05) is 13.8 Å². The van der Waals surface area contributed by atoms with Gasteiger partial charge in [-0.05, 0) is 72.6 Å². The van der Waals surface area contributed by atoms with Gasteiger partial charge in [0.25, 0.3) is 0 Å². The van der Waals surface area contributed by atoms with Crippen LogP contribution < -0.4 is 5.32 Å². The molecule has 1 atom stereocenters.